The minimum Gasteiger partial charge on any atom is -0.387 e. The first-order valence-corrected chi connectivity index (χ1v) is 7.35. The first-order chi connectivity index (χ1) is 7.83. The Bertz CT molecular complexity index is 359. The molecular weight excluding hydrogens is 240 g/mol. The van der Waals surface area contributed by atoms with Crippen LogP contribution in [-0.2, 0) is 10.2 Å². The van der Waals surface area contributed by atoms with Crippen LogP contribution < -0.4 is 10.5 Å². The van der Waals surface area contributed by atoms with E-state index in [1.807, 2.05) is 13.8 Å². The van der Waals surface area contributed by atoms with Crippen LogP contribution in [0.15, 0.2) is 0 Å². The lowest BCUT2D eigenvalue weighted by Crippen LogP contribution is -2.47. The smallest absolute Gasteiger partial charge is 0.279 e. The lowest BCUT2D eigenvalue weighted by molar-refractivity contribution is 0.310. The van der Waals surface area contributed by atoms with Gasteiger partial charge >= 0.3 is 0 Å². The summed E-state index contributed by atoms with van der Waals surface area (Å²) in [6, 6.07) is 0. The van der Waals surface area contributed by atoms with Gasteiger partial charge in [0.05, 0.1) is 5.84 Å². The molecule has 0 bridgehead atoms. The first kappa shape index (κ1) is 14.4. The number of nitrogens with zero attached hydrogens (tertiary/aromatic N) is 1. The monoisotopic (exact) mass is 262 g/mol. The Kier molecular flexibility index (Phi) is 4.91. The maximum Gasteiger partial charge on any atom is 0.279 e. The minimum atomic E-state index is -3.36. The molecule has 7 heteroatoms. The van der Waals surface area contributed by atoms with Crippen LogP contribution >= 0.6 is 0 Å². The predicted octanol–water partition coefficient (Wildman–Crippen LogP) is 0.125. The summed E-state index contributed by atoms with van der Waals surface area (Å²) in [7, 11) is -3.36. The van der Waals surface area contributed by atoms with Gasteiger partial charge in [0.1, 0.15) is 0 Å². The highest BCUT2D eigenvalue weighted by molar-refractivity contribution is 7.87. The molecule has 100 valence electrons. The molecule has 1 rings (SSSR count). The number of piperidine rings is 1. The van der Waals surface area contributed by atoms with E-state index in [-0.39, 0.29) is 11.8 Å². The van der Waals surface area contributed by atoms with Gasteiger partial charge in [-0.15, -0.1) is 0 Å². The van der Waals surface area contributed by atoms with Gasteiger partial charge in [0.25, 0.3) is 10.2 Å². The van der Waals surface area contributed by atoms with E-state index in [0.29, 0.717) is 38.4 Å². The average Bonchev–Trinajstić information content (AvgIpc) is 2.27. The lowest BCUT2D eigenvalue weighted by atomic mass is 9.97. The van der Waals surface area contributed by atoms with E-state index in [9.17, 15) is 8.42 Å². The molecule has 0 aromatic rings. The Morgan fingerprint density at radius 1 is 1.47 bits per heavy atom. The van der Waals surface area contributed by atoms with Crippen molar-refractivity contribution in [1.29, 1.82) is 5.41 Å². The molecule has 0 aliphatic carbocycles. The second-order valence-electron chi connectivity index (χ2n) is 4.88. The van der Waals surface area contributed by atoms with Crippen molar-refractivity contribution in [2.24, 2.45) is 17.6 Å². The third-order valence-electron chi connectivity index (χ3n) is 2.91. The van der Waals surface area contributed by atoms with Crippen LogP contribution in [0.1, 0.15) is 26.7 Å². The van der Waals surface area contributed by atoms with Gasteiger partial charge in [-0.25, -0.2) is 4.72 Å². The van der Waals surface area contributed by atoms with Crippen molar-refractivity contribution in [1.82, 2.24) is 9.03 Å². The van der Waals surface area contributed by atoms with Crippen molar-refractivity contribution in [2.75, 3.05) is 19.6 Å². The predicted molar refractivity (Wildman–Crippen MR) is 68.0 cm³/mol. The molecule has 0 amide bonds. The third-order valence-corrected chi connectivity index (χ3v) is 4.48. The van der Waals surface area contributed by atoms with Crippen molar-refractivity contribution in [3.05, 3.63) is 0 Å². The number of hydrogen-bond acceptors (Lipinski definition) is 3. The summed E-state index contributed by atoms with van der Waals surface area (Å²) in [5.41, 5.74) is 5.42. The normalized spacial score (nSPS) is 19.7. The second kappa shape index (κ2) is 5.79. The molecule has 0 spiro atoms. The number of nitrogens with two attached hydrogens (primary N) is 1. The summed E-state index contributed by atoms with van der Waals surface area (Å²) >= 11 is 0. The Balaban J connectivity index is 2.50. The van der Waals surface area contributed by atoms with Crippen LogP contribution in [0.5, 0.6) is 0 Å². The van der Waals surface area contributed by atoms with Gasteiger partial charge < -0.3 is 5.73 Å². The highest BCUT2D eigenvalue weighted by atomic mass is 32.2. The highest BCUT2D eigenvalue weighted by Gasteiger charge is 2.28. The highest BCUT2D eigenvalue weighted by Crippen LogP contribution is 2.18. The van der Waals surface area contributed by atoms with E-state index >= 15 is 0 Å². The summed E-state index contributed by atoms with van der Waals surface area (Å²) in [5, 5.41) is 7.34. The number of nitrogens with one attached hydrogen (secondary N) is 2. The van der Waals surface area contributed by atoms with Crippen LogP contribution in [0.4, 0.5) is 0 Å². The van der Waals surface area contributed by atoms with Crippen LogP contribution in [0.3, 0.4) is 0 Å². The summed E-state index contributed by atoms with van der Waals surface area (Å²) in [6.45, 7) is 5.26. The van der Waals surface area contributed by atoms with Gasteiger partial charge in [0.15, 0.2) is 0 Å². The molecule has 0 aromatic heterocycles. The van der Waals surface area contributed by atoms with E-state index in [1.165, 1.54) is 4.31 Å². The molecule has 1 aliphatic rings. The molecule has 0 radical (unpaired) electrons. The summed E-state index contributed by atoms with van der Waals surface area (Å²) in [5.74, 6) is 0.489. The van der Waals surface area contributed by atoms with Crippen LogP contribution in [0.25, 0.3) is 0 Å². The Hall–Kier alpha value is -0.660. The zero-order valence-corrected chi connectivity index (χ0v) is 11.3. The van der Waals surface area contributed by atoms with Gasteiger partial charge in [-0.1, -0.05) is 13.8 Å². The van der Waals surface area contributed by atoms with Crippen LogP contribution in [-0.4, -0.2) is 38.2 Å². The molecule has 1 saturated heterocycles. The fourth-order valence-corrected chi connectivity index (χ4v) is 3.19. The summed E-state index contributed by atoms with van der Waals surface area (Å²) < 4.78 is 27.8. The average molecular weight is 262 g/mol. The zero-order valence-electron chi connectivity index (χ0n) is 10.4. The largest absolute Gasteiger partial charge is 0.387 e. The summed E-state index contributed by atoms with van der Waals surface area (Å²) in [6.07, 6.45) is 1.27. The van der Waals surface area contributed by atoms with Crippen molar-refractivity contribution >= 4 is 16.0 Å². The van der Waals surface area contributed by atoms with E-state index in [0.717, 1.165) is 0 Å². The second-order valence-corrected chi connectivity index (χ2v) is 6.63. The molecule has 1 heterocycles. The fraction of sp³-hybridized carbons (Fsp3) is 0.900. The van der Waals surface area contributed by atoms with Gasteiger partial charge in [-0.3, -0.25) is 5.41 Å². The van der Waals surface area contributed by atoms with E-state index < -0.39 is 10.2 Å². The molecule has 1 fully saturated rings. The third kappa shape index (κ3) is 4.25. The molecule has 0 unspecified atom stereocenters. The lowest BCUT2D eigenvalue weighted by Gasteiger charge is -2.30. The number of amidine groups is 1. The van der Waals surface area contributed by atoms with E-state index in [4.69, 9.17) is 11.1 Å². The maximum absolute atomic E-state index is 11.9. The Morgan fingerprint density at radius 2 is 2.00 bits per heavy atom. The molecule has 6 nitrogen and oxygen atoms in total. The van der Waals surface area contributed by atoms with Crippen molar-refractivity contribution < 1.29 is 8.42 Å². The maximum atomic E-state index is 11.9. The number of rotatable bonds is 5. The molecule has 0 aromatic carbocycles. The van der Waals surface area contributed by atoms with Crippen molar-refractivity contribution in [2.45, 2.75) is 26.7 Å². The van der Waals surface area contributed by atoms with Gasteiger partial charge in [-0.2, -0.15) is 12.7 Å². The molecule has 0 saturated carbocycles. The van der Waals surface area contributed by atoms with Crippen molar-refractivity contribution in [3.63, 3.8) is 0 Å². The Morgan fingerprint density at radius 3 is 2.41 bits per heavy atom. The first-order valence-electron chi connectivity index (χ1n) is 5.91. The summed E-state index contributed by atoms with van der Waals surface area (Å²) in [4.78, 5) is 0. The SMILES string of the molecule is CC(C)CNS(=O)(=O)N1CCC(C(=N)N)CC1. The van der Waals surface area contributed by atoms with Crippen LogP contribution in [0.2, 0.25) is 0 Å². The fourth-order valence-electron chi connectivity index (χ4n) is 1.77. The molecule has 0 atom stereocenters. The zero-order chi connectivity index (χ0) is 13.1. The number of hydrogen-bond donors (Lipinski definition) is 3. The minimum absolute atomic E-state index is 0.0338. The Labute approximate surface area is 103 Å². The molecular formula is C10H22N4O2S. The molecule has 1 aliphatic heterocycles. The van der Waals surface area contributed by atoms with E-state index in [2.05, 4.69) is 4.72 Å². The standard InChI is InChI=1S/C10H22N4O2S/c1-8(2)7-13-17(15,16)14-5-3-9(4-6-14)10(11)12/h8-9,13H,3-7H2,1-2H3,(H3,11,12). The molecule has 17 heavy (non-hydrogen) atoms. The quantitative estimate of drug-likeness (QED) is 0.485. The van der Waals surface area contributed by atoms with Crippen LogP contribution in [0, 0.1) is 17.2 Å². The van der Waals surface area contributed by atoms with Gasteiger partial charge in [-0.05, 0) is 18.8 Å². The molecule has 4 N–H and O–H groups in total. The topological polar surface area (TPSA) is 99.3 Å². The van der Waals surface area contributed by atoms with Gasteiger partial charge in [0, 0.05) is 25.6 Å². The van der Waals surface area contributed by atoms with Gasteiger partial charge in [0.2, 0.25) is 0 Å². The van der Waals surface area contributed by atoms with Crippen molar-refractivity contribution in [3.8, 4) is 0 Å². The van der Waals surface area contributed by atoms with E-state index in [1.54, 1.807) is 0 Å².